The summed E-state index contributed by atoms with van der Waals surface area (Å²) in [4.78, 5) is 13.6. The van der Waals surface area contributed by atoms with Gasteiger partial charge in [-0.1, -0.05) is 6.92 Å². The fraction of sp³-hybridized carbons (Fsp3) is 0.909. The lowest BCUT2D eigenvalue weighted by Crippen LogP contribution is -2.41. The van der Waals surface area contributed by atoms with Gasteiger partial charge in [-0.15, -0.1) is 0 Å². The molecule has 0 unspecified atom stereocenters. The maximum atomic E-state index is 11.6. The molecule has 0 aromatic rings. The highest BCUT2D eigenvalue weighted by Crippen LogP contribution is 1.98. The predicted molar refractivity (Wildman–Crippen MR) is 72.9 cm³/mol. The monoisotopic (exact) mass is 279 g/mol. The molecule has 0 aliphatic carbocycles. The van der Waals surface area contributed by atoms with Gasteiger partial charge >= 0.3 is 0 Å². The molecule has 0 aliphatic heterocycles. The fourth-order valence-corrected chi connectivity index (χ4v) is 2.32. The van der Waals surface area contributed by atoms with Gasteiger partial charge in [0.25, 0.3) is 0 Å². The summed E-state index contributed by atoms with van der Waals surface area (Å²) < 4.78 is 24.0. The molecule has 0 aromatic carbocycles. The predicted octanol–water partition coefficient (Wildman–Crippen LogP) is -0.274. The summed E-state index contributed by atoms with van der Waals surface area (Å²) in [5.74, 6) is -0.243. The Morgan fingerprint density at radius 3 is 2.28 bits per heavy atom. The highest BCUT2D eigenvalue weighted by Gasteiger charge is 2.18. The number of amides is 1. The van der Waals surface area contributed by atoms with E-state index in [-0.39, 0.29) is 12.5 Å². The van der Waals surface area contributed by atoms with Crippen molar-refractivity contribution in [2.45, 2.75) is 19.8 Å². The van der Waals surface area contributed by atoms with E-state index < -0.39 is 10.0 Å². The zero-order valence-electron chi connectivity index (χ0n) is 11.8. The third kappa shape index (κ3) is 8.43. The van der Waals surface area contributed by atoms with Crippen LogP contribution in [-0.4, -0.2) is 70.1 Å². The van der Waals surface area contributed by atoms with Crippen molar-refractivity contribution in [3.8, 4) is 0 Å². The maximum absolute atomic E-state index is 11.6. The highest BCUT2D eigenvalue weighted by molar-refractivity contribution is 7.88. The van der Waals surface area contributed by atoms with Crippen LogP contribution in [0.25, 0.3) is 0 Å². The van der Waals surface area contributed by atoms with Gasteiger partial charge in [0.2, 0.25) is 15.9 Å². The Balaban J connectivity index is 4.04. The largest absolute Gasteiger partial charge is 0.355 e. The molecule has 0 rings (SSSR count). The van der Waals surface area contributed by atoms with Crippen molar-refractivity contribution >= 4 is 15.9 Å². The quantitative estimate of drug-likeness (QED) is 0.590. The smallest absolute Gasteiger partial charge is 0.235 e. The molecule has 0 saturated carbocycles. The van der Waals surface area contributed by atoms with Crippen LogP contribution in [0.4, 0.5) is 0 Å². The molecular weight excluding hydrogens is 254 g/mol. The summed E-state index contributed by atoms with van der Waals surface area (Å²) in [6.45, 7) is 3.64. The van der Waals surface area contributed by atoms with Crippen molar-refractivity contribution in [3.05, 3.63) is 0 Å². The van der Waals surface area contributed by atoms with Gasteiger partial charge in [0.15, 0.2) is 0 Å². The lowest BCUT2D eigenvalue weighted by molar-refractivity contribution is -0.121. The molecule has 108 valence electrons. The van der Waals surface area contributed by atoms with Gasteiger partial charge in [0.1, 0.15) is 0 Å². The first kappa shape index (κ1) is 17.3. The number of nitrogens with one attached hydrogen (secondary N) is 1. The van der Waals surface area contributed by atoms with Gasteiger partial charge in [-0.25, -0.2) is 8.42 Å². The van der Waals surface area contributed by atoms with E-state index >= 15 is 0 Å². The number of hydrogen-bond donors (Lipinski definition) is 1. The minimum atomic E-state index is -3.30. The summed E-state index contributed by atoms with van der Waals surface area (Å²) in [7, 11) is 0.632. The van der Waals surface area contributed by atoms with E-state index in [1.807, 2.05) is 25.9 Å². The van der Waals surface area contributed by atoms with Crippen LogP contribution in [0, 0.1) is 0 Å². The Kier molecular flexibility index (Phi) is 8.13. The number of nitrogens with zero attached hydrogens (tertiary/aromatic N) is 2. The van der Waals surface area contributed by atoms with Gasteiger partial charge in [-0.2, -0.15) is 4.31 Å². The molecule has 18 heavy (non-hydrogen) atoms. The molecule has 1 amide bonds. The molecule has 0 fully saturated rings. The second kappa shape index (κ2) is 8.44. The average Bonchev–Trinajstić information content (AvgIpc) is 2.22. The van der Waals surface area contributed by atoms with Crippen LogP contribution in [0.5, 0.6) is 0 Å². The van der Waals surface area contributed by atoms with E-state index in [1.165, 1.54) is 4.31 Å². The molecular formula is C11H25N3O3S. The zero-order valence-corrected chi connectivity index (χ0v) is 12.6. The molecule has 0 aromatic heterocycles. The van der Waals surface area contributed by atoms with Crippen LogP contribution in [0.15, 0.2) is 0 Å². The van der Waals surface area contributed by atoms with E-state index in [0.29, 0.717) is 19.5 Å². The maximum Gasteiger partial charge on any atom is 0.235 e. The number of carbonyl (C=O) groups is 1. The first-order valence-electron chi connectivity index (χ1n) is 6.14. The Hall–Kier alpha value is -0.660. The summed E-state index contributed by atoms with van der Waals surface area (Å²) in [5.41, 5.74) is 0. The highest BCUT2D eigenvalue weighted by atomic mass is 32.2. The standard InChI is InChI=1S/C11H25N3O3S/c1-5-8-14(18(4,16)17)10-11(15)12-7-6-9-13(2)3/h5-10H2,1-4H3,(H,12,15). The number of sulfonamides is 1. The SMILES string of the molecule is CCCN(CC(=O)NCCCN(C)C)S(C)(=O)=O. The second-order valence-electron chi connectivity index (χ2n) is 4.60. The van der Waals surface area contributed by atoms with Crippen molar-refractivity contribution in [1.82, 2.24) is 14.5 Å². The topological polar surface area (TPSA) is 69.7 Å². The number of rotatable bonds is 9. The summed E-state index contributed by atoms with van der Waals surface area (Å²) in [6, 6.07) is 0. The van der Waals surface area contributed by atoms with E-state index in [1.54, 1.807) is 0 Å². The van der Waals surface area contributed by atoms with E-state index in [9.17, 15) is 13.2 Å². The van der Waals surface area contributed by atoms with Crippen LogP contribution in [-0.2, 0) is 14.8 Å². The van der Waals surface area contributed by atoms with Crippen molar-refractivity contribution < 1.29 is 13.2 Å². The Morgan fingerprint density at radius 1 is 1.22 bits per heavy atom. The van der Waals surface area contributed by atoms with Crippen molar-refractivity contribution in [1.29, 1.82) is 0 Å². The molecule has 0 spiro atoms. The average molecular weight is 279 g/mol. The first-order valence-corrected chi connectivity index (χ1v) is 7.98. The first-order chi connectivity index (χ1) is 8.27. The summed E-state index contributed by atoms with van der Waals surface area (Å²) >= 11 is 0. The van der Waals surface area contributed by atoms with Crippen LogP contribution < -0.4 is 5.32 Å². The van der Waals surface area contributed by atoms with Crippen LogP contribution in [0.3, 0.4) is 0 Å². The fourth-order valence-electron chi connectivity index (χ4n) is 1.45. The van der Waals surface area contributed by atoms with Crippen LogP contribution in [0.1, 0.15) is 19.8 Å². The molecule has 0 atom stereocenters. The second-order valence-corrected chi connectivity index (χ2v) is 6.59. The Morgan fingerprint density at radius 2 is 1.83 bits per heavy atom. The van der Waals surface area contributed by atoms with E-state index in [0.717, 1.165) is 19.2 Å². The lowest BCUT2D eigenvalue weighted by atomic mass is 10.4. The molecule has 7 heteroatoms. The molecule has 0 saturated heterocycles. The van der Waals surface area contributed by atoms with Gasteiger partial charge in [-0.3, -0.25) is 4.79 Å². The van der Waals surface area contributed by atoms with Crippen molar-refractivity contribution in [2.75, 3.05) is 46.5 Å². The molecule has 0 heterocycles. The van der Waals surface area contributed by atoms with E-state index in [4.69, 9.17) is 0 Å². The minimum absolute atomic E-state index is 0.0887. The van der Waals surface area contributed by atoms with E-state index in [2.05, 4.69) is 5.32 Å². The van der Waals surface area contributed by atoms with Gasteiger partial charge < -0.3 is 10.2 Å². The van der Waals surface area contributed by atoms with Gasteiger partial charge in [0, 0.05) is 13.1 Å². The number of carbonyl (C=O) groups excluding carboxylic acids is 1. The Labute approximate surface area is 110 Å². The molecule has 0 radical (unpaired) electrons. The van der Waals surface area contributed by atoms with Crippen LogP contribution >= 0.6 is 0 Å². The Bertz CT molecular complexity index is 341. The van der Waals surface area contributed by atoms with Crippen LogP contribution in [0.2, 0.25) is 0 Å². The third-order valence-corrected chi connectivity index (χ3v) is 3.62. The molecule has 1 N–H and O–H groups in total. The summed E-state index contributed by atoms with van der Waals surface area (Å²) in [5, 5.41) is 2.73. The number of hydrogen-bond acceptors (Lipinski definition) is 4. The van der Waals surface area contributed by atoms with Gasteiger partial charge in [0.05, 0.1) is 12.8 Å². The third-order valence-electron chi connectivity index (χ3n) is 2.37. The normalized spacial score (nSPS) is 12.1. The minimum Gasteiger partial charge on any atom is -0.355 e. The summed E-state index contributed by atoms with van der Waals surface area (Å²) in [6.07, 6.45) is 2.67. The molecule has 0 aliphatic rings. The molecule has 6 nitrogen and oxygen atoms in total. The lowest BCUT2D eigenvalue weighted by Gasteiger charge is -2.18. The van der Waals surface area contributed by atoms with Gasteiger partial charge in [-0.05, 0) is 33.5 Å². The zero-order chi connectivity index (χ0) is 14.2. The van der Waals surface area contributed by atoms with Crippen molar-refractivity contribution in [2.24, 2.45) is 0 Å². The van der Waals surface area contributed by atoms with Crippen molar-refractivity contribution in [3.63, 3.8) is 0 Å². The molecule has 0 bridgehead atoms.